The molecule has 0 saturated carbocycles. The molecule has 1 fully saturated rings. The smallest absolute Gasteiger partial charge is 0.378 e. The molecule has 3 nitrogen and oxygen atoms in total. The van der Waals surface area contributed by atoms with Gasteiger partial charge in [-0.3, -0.25) is 4.79 Å². The molecule has 0 aromatic heterocycles. The second kappa shape index (κ2) is 6.49. The first-order valence-corrected chi connectivity index (χ1v) is 7.11. The lowest BCUT2D eigenvalue weighted by Gasteiger charge is -2.26. The molecule has 1 aromatic rings. The Balaban J connectivity index is 1.98. The molecule has 0 N–H and O–H groups in total. The van der Waals surface area contributed by atoms with Crippen LogP contribution in [0.3, 0.4) is 0 Å². The fourth-order valence-corrected chi connectivity index (χ4v) is 2.85. The van der Waals surface area contributed by atoms with Crippen LogP contribution in [0.15, 0.2) is 29.2 Å². The van der Waals surface area contributed by atoms with E-state index >= 15 is 0 Å². The van der Waals surface area contributed by atoms with Gasteiger partial charge in [-0.05, 0) is 12.1 Å². The number of thioether (sulfide) groups is 1. The SMILES string of the molecule is O=C(CSc1ccccc1C(F)(F)F)N1CCOCC1. The molecule has 0 unspecified atom stereocenters. The molecule has 1 amide bonds. The molecule has 20 heavy (non-hydrogen) atoms. The molecule has 0 atom stereocenters. The van der Waals surface area contributed by atoms with Crippen LogP contribution in [-0.4, -0.2) is 42.9 Å². The van der Waals surface area contributed by atoms with Gasteiger partial charge in [-0.15, -0.1) is 11.8 Å². The highest BCUT2D eigenvalue weighted by molar-refractivity contribution is 8.00. The van der Waals surface area contributed by atoms with Crippen LogP contribution >= 0.6 is 11.8 Å². The van der Waals surface area contributed by atoms with Crippen molar-refractivity contribution in [1.29, 1.82) is 0 Å². The third-order valence-corrected chi connectivity index (χ3v) is 3.97. The summed E-state index contributed by atoms with van der Waals surface area (Å²) < 4.78 is 43.5. The molecule has 110 valence electrons. The van der Waals surface area contributed by atoms with Crippen LogP contribution in [0.4, 0.5) is 13.2 Å². The topological polar surface area (TPSA) is 29.5 Å². The summed E-state index contributed by atoms with van der Waals surface area (Å²) in [5.74, 6) is -0.150. The number of amides is 1. The number of hydrogen-bond acceptors (Lipinski definition) is 3. The molecule has 0 aliphatic carbocycles. The van der Waals surface area contributed by atoms with Crippen LogP contribution in [0.5, 0.6) is 0 Å². The first kappa shape index (κ1) is 15.2. The molecular formula is C13H14F3NO2S. The lowest BCUT2D eigenvalue weighted by molar-refractivity contribution is -0.139. The van der Waals surface area contributed by atoms with Crippen LogP contribution < -0.4 is 0 Å². The van der Waals surface area contributed by atoms with Crippen LogP contribution in [-0.2, 0) is 15.7 Å². The van der Waals surface area contributed by atoms with Gasteiger partial charge in [0.1, 0.15) is 0 Å². The quantitative estimate of drug-likeness (QED) is 0.804. The number of rotatable bonds is 3. The number of carbonyl (C=O) groups is 1. The van der Waals surface area contributed by atoms with E-state index < -0.39 is 11.7 Å². The predicted molar refractivity (Wildman–Crippen MR) is 69.6 cm³/mol. The minimum absolute atomic E-state index is 0.00704. The van der Waals surface area contributed by atoms with Crippen molar-refractivity contribution in [2.75, 3.05) is 32.1 Å². The van der Waals surface area contributed by atoms with Crippen molar-refractivity contribution in [3.63, 3.8) is 0 Å². The number of alkyl halides is 3. The molecule has 0 radical (unpaired) electrons. The third-order valence-electron chi connectivity index (χ3n) is 2.91. The highest BCUT2D eigenvalue weighted by Crippen LogP contribution is 2.36. The summed E-state index contributed by atoms with van der Waals surface area (Å²) in [6.45, 7) is 1.96. The van der Waals surface area contributed by atoms with Crippen molar-refractivity contribution in [2.45, 2.75) is 11.1 Å². The highest BCUT2D eigenvalue weighted by atomic mass is 32.2. The predicted octanol–water partition coefficient (Wildman–Crippen LogP) is 2.66. The Morgan fingerprint density at radius 1 is 1.25 bits per heavy atom. The number of hydrogen-bond donors (Lipinski definition) is 0. The van der Waals surface area contributed by atoms with Gasteiger partial charge in [0.15, 0.2) is 0 Å². The van der Waals surface area contributed by atoms with Gasteiger partial charge in [-0.25, -0.2) is 0 Å². The van der Waals surface area contributed by atoms with Crippen LogP contribution in [0.1, 0.15) is 5.56 Å². The van der Waals surface area contributed by atoms with E-state index in [2.05, 4.69) is 0 Å². The molecule has 1 aliphatic heterocycles. The summed E-state index contributed by atoms with van der Waals surface area (Å²) in [6, 6.07) is 5.30. The Labute approximate surface area is 119 Å². The molecule has 1 heterocycles. The Hall–Kier alpha value is -1.21. The molecule has 0 spiro atoms. The summed E-state index contributed by atoms with van der Waals surface area (Å²) >= 11 is 0.924. The summed E-state index contributed by atoms with van der Waals surface area (Å²) in [7, 11) is 0. The van der Waals surface area contributed by atoms with Crippen molar-refractivity contribution in [3.05, 3.63) is 29.8 Å². The average Bonchev–Trinajstić information content (AvgIpc) is 2.45. The second-order valence-corrected chi connectivity index (χ2v) is 5.29. The number of nitrogens with zero attached hydrogens (tertiary/aromatic N) is 1. The average molecular weight is 305 g/mol. The number of halogens is 3. The van der Waals surface area contributed by atoms with Crippen molar-refractivity contribution < 1.29 is 22.7 Å². The first-order valence-electron chi connectivity index (χ1n) is 6.13. The zero-order chi connectivity index (χ0) is 14.6. The maximum atomic E-state index is 12.8. The van der Waals surface area contributed by atoms with Gasteiger partial charge >= 0.3 is 6.18 Å². The Bertz CT molecular complexity index is 473. The molecule has 0 bridgehead atoms. The fourth-order valence-electron chi connectivity index (χ4n) is 1.87. The van der Waals surface area contributed by atoms with E-state index in [1.54, 1.807) is 4.90 Å². The molecule has 1 aromatic carbocycles. The van der Waals surface area contributed by atoms with E-state index in [1.807, 2.05) is 0 Å². The van der Waals surface area contributed by atoms with E-state index in [4.69, 9.17) is 4.74 Å². The molecule has 1 saturated heterocycles. The Morgan fingerprint density at radius 3 is 2.55 bits per heavy atom. The zero-order valence-corrected chi connectivity index (χ0v) is 11.5. The number of ether oxygens (including phenoxy) is 1. The molecule has 7 heteroatoms. The lowest BCUT2D eigenvalue weighted by Crippen LogP contribution is -2.41. The molecular weight excluding hydrogens is 291 g/mol. The number of carbonyl (C=O) groups excluding carboxylic acids is 1. The Morgan fingerprint density at radius 2 is 1.90 bits per heavy atom. The summed E-state index contributed by atoms with van der Waals surface area (Å²) in [5.41, 5.74) is -0.695. The van der Waals surface area contributed by atoms with Crippen molar-refractivity contribution in [1.82, 2.24) is 4.90 Å². The summed E-state index contributed by atoms with van der Waals surface area (Å²) in [5, 5.41) is 0. The van der Waals surface area contributed by atoms with Gasteiger partial charge in [0.25, 0.3) is 0 Å². The van der Waals surface area contributed by atoms with Gasteiger partial charge in [0.05, 0.1) is 24.5 Å². The van der Waals surface area contributed by atoms with Gasteiger partial charge in [-0.2, -0.15) is 13.2 Å². The van der Waals surface area contributed by atoms with Crippen molar-refractivity contribution in [3.8, 4) is 0 Å². The van der Waals surface area contributed by atoms with E-state index in [0.29, 0.717) is 26.3 Å². The molecule has 2 rings (SSSR count). The standard InChI is InChI=1S/C13H14F3NO2S/c14-13(15,16)10-3-1-2-4-11(10)20-9-12(18)17-5-7-19-8-6-17/h1-4H,5-9H2. The largest absolute Gasteiger partial charge is 0.417 e. The van der Waals surface area contributed by atoms with E-state index in [9.17, 15) is 18.0 Å². The summed E-state index contributed by atoms with van der Waals surface area (Å²) in [6.07, 6.45) is -4.40. The van der Waals surface area contributed by atoms with Crippen LogP contribution in [0.25, 0.3) is 0 Å². The van der Waals surface area contributed by atoms with Crippen LogP contribution in [0.2, 0.25) is 0 Å². The van der Waals surface area contributed by atoms with E-state index in [-0.39, 0.29) is 16.6 Å². The minimum Gasteiger partial charge on any atom is -0.378 e. The van der Waals surface area contributed by atoms with Gasteiger partial charge in [-0.1, -0.05) is 12.1 Å². The normalized spacial score (nSPS) is 16.2. The Kier molecular flexibility index (Phi) is 4.93. The van der Waals surface area contributed by atoms with Gasteiger partial charge in [0.2, 0.25) is 5.91 Å². The molecule has 1 aliphatic rings. The van der Waals surface area contributed by atoms with Crippen molar-refractivity contribution in [2.24, 2.45) is 0 Å². The maximum Gasteiger partial charge on any atom is 0.417 e. The van der Waals surface area contributed by atoms with Gasteiger partial charge in [0, 0.05) is 18.0 Å². The summed E-state index contributed by atoms with van der Waals surface area (Å²) in [4.78, 5) is 13.6. The lowest BCUT2D eigenvalue weighted by atomic mass is 10.2. The second-order valence-electron chi connectivity index (χ2n) is 4.28. The van der Waals surface area contributed by atoms with E-state index in [1.165, 1.54) is 18.2 Å². The zero-order valence-electron chi connectivity index (χ0n) is 10.7. The van der Waals surface area contributed by atoms with Crippen LogP contribution in [0, 0.1) is 0 Å². The number of morpholine rings is 1. The van der Waals surface area contributed by atoms with Gasteiger partial charge < -0.3 is 9.64 Å². The minimum atomic E-state index is -4.40. The third kappa shape index (κ3) is 3.89. The first-order chi connectivity index (χ1) is 9.48. The highest BCUT2D eigenvalue weighted by Gasteiger charge is 2.33. The fraction of sp³-hybridized carbons (Fsp3) is 0.462. The monoisotopic (exact) mass is 305 g/mol. The van der Waals surface area contributed by atoms with E-state index in [0.717, 1.165) is 17.8 Å². The maximum absolute atomic E-state index is 12.8. The van der Waals surface area contributed by atoms with Crippen molar-refractivity contribution >= 4 is 17.7 Å². The number of benzene rings is 1.